The summed E-state index contributed by atoms with van der Waals surface area (Å²) in [6, 6.07) is 9.00. The third kappa shape index (κ3) is 4.33. The molecule has 0 saturated carbocycles. The van der Waals surface area contributed by atoms with Gasteiger partial charge < -0.3 is 15.8 Å². The number of pyridine rings is 1. The Bertz CT molecular complexity index is 1120. The van der Waals surface area contributed by atoms with E-state index in [2.05, 4.69) is 16.4 Å². The number of aromatic nitrogens is 2. The minimum Gasteiger partial charge on any atom is -0.457 e. The van der Waals surface area contributed by atoms with E-state index in [1.807, 2.05) is 24.3 Å². The minimum atomic E-state index is -0.269. The highest BCUT2D eigenvalue weighted by Gasteiger charge is 2.28. The molecule has 154 valence electrons. The normalized spacial score (nSPS) is 18.3. The Morgan fingerprint density at radius 2 is 2.00 bits per heavy atom. The van der Waals surface area contributed by atoms with Gasteiger partial charge in [0.15, 0.2) is 0 Å². The van der Waals surface area contributed by atoms with Crippen LogP contribution in [0.3, 0.4) is 0 Å². The molecule has 2 atom stereocenters. The van der Waals surface area contributed by atoms with Crippen LogP contribution >= 0.6 is 11.3 Å². The van der Waals surface area contributed by atoms with Gasteiger partial charge in [-0.25, -0.2) is 4.98 Å². The topological polar surface area (TPSA) is 107 Å². The Morgan fingerprint density at radius 3 is 2.80 bits per heavy atom. The van der Waals surface area contributed by atoms with E-state index in [1.165, 1.54) is 6.20 Å². The molecule has 8 heteroatoms. The van der Waals surface area contributed by atoms with Gasteiger partial charge in [0.2, 0.25) is 5.91 Å². The lowest BCUT2D eigenvalue weighted by Gasteiger charge is -2.25. The van der Waals surface area contributed by atoms with E-state index in [9.17, 15) is 9.59 Å². The predicted molar refractivity (Wildman–Crippen MR) is 116 cm³/mol. The molecular weight excluding hydrogens is 400 g/mol. The van der Waals surface area contributed by atoms with Crippen LogP contribution in [0.15, 0.2) is 48.7 Å². The molecule has 0 saturated heterocycles. The van der Waals surface area contributed by atoms with Crippen molar-refractivity contribution in [3.05, 3.63) is 59.4 Å². The van der Waals surface area contributed by atoms with Crippen molar-refractivity contribution in [2.45, 2.75) is 19.3 Å². The van der Waals surface area contributed by atoms with Crippen molar-refractivity contribution >= 4 is 33.4 Å². The summed E-state index contributed by atoms with van der Waals surface area (Å²) in [4.78, 5) is 32.3. The van der Waals surface area contributed by atoms with E-state index in [-0.39, 0.29) is 23.7 Å². The number of allylic oxidation sites excluding steroid dienone is 2. The number of ether oxygens (including phenoxy) is 1. The number of carbonyl (C=O) groups is 2. The first kappa shape index (κ1) is 20.0. The number of nitrogens with one attached hydrogen (secondary N) is 1. The number of nitrogens with zero attached hydrogens (tertiary/aromatic N) is 2. The van der Waals surface area contributed by atoms with Crippen molar-refractivity contribution in [3.63, 3.8) is 0 Å². The van der Waals surface area contributed by atoms with Crippen LogP contribution in [0.25, 0.3) is 10.2 Å². The van der Waals surface area contributed by atoms with Crippen LogP contribution in [0.2, 0.25) is 0 Å². The summed E-state index contributed by atoms with van der Waals surface area (Å²) >= 11 is 1.60. The fraction of sp³-hybridized carbons (Fsp3) is 0.273. The highest BCUT2D eigenvalue weighted by molar-refractivity contribution is 7.18. The number of hydrogen-bond acceptors (Lipinski definition) is 6. The lowest BCUT2D eigenvalue weighted by atomic mass is 9.81. The second-order valence-electron chi connectivity index (χ2n) is 7.21. The lowest BCUT2D eigenvalue weighted by molar-refractivity contribution is -0.123. The minimum absolute atomic E-state index is 0.137. The maximum absolute atomic E-state index is 11.8. The third-order valence-corrected chi connectivity index (χ3v) is 6.24. The van der Waals surface area contributed by atoms with Gasteiger partial charge >= 0.3 is 0 Å². The zero-order valence-corrected chi connectivity index (χ0v) is 17.3. The fourth-order valence-corrected chi connectivity index (χ4v) is 4.72. The van der Waals surface area contributed by atoms with E-state index in [0.29, 0.717) is 23.6 Å². The number of carbonyl (C=O) groups excluding carboxylic acids is 2. The van der Waals surface area contributed by atoms with Gasteiger partial charge in [-0.1, -0.05) is 12.2 Å². The molecule has 1 aromatic carbocycles. The smallest absolute Gasteiger partial charge is 0.269 e. The molecule has 0 unspecified atom stereocenters. The number of benzene rings is 1. The summed E-state index contributed by atoms with van der Waals surface area (Å²) in [6.07, 6.45) is 7.96. The fourth-order valence-electron chi connectivity index (χ4n) is 3.64. The first-order chi connectivity index (χ1) is 14.5. The van der Waals surface area contributed by atoms with Crippen LogP contribution in [0.5, 0.6) is 11.5 Å². The molecule has 2 aromatic heterocycles. The molecule has 2 heterocycles. The largest absolute Gasteiger partial charge is 0.457 e. The van der Waals surface area contributed by atoms with Crippen molar-refractivity contribution < 1.29 is 14.3 Å². The van der Waals surface area contributed by atoms with Crippen molar-refractivity contribution in [2.24, 2.45) is 17.6 Å². The van der Waals surface area contributed by atoms with E-state index < -0.39 is 0 Å². The number of nitrogens with two attached hydrogens (primary N) is 1. The highest BCUT2D eigenvalue weighted by Crippen LogP contribution is 2.33. The van der Waals surface area contributed by atoms with Crippen molar-refractivity contribution in [2.75, 3.05) is 7.05 Å². The van der Waals surface area contributed by atoms with Crippen LogP contribution in [0.4, 0.5) is 0 Å². The van der Waals surface area contributed by atoms with Crippen LogP contribution in [0.1, 0.15) is 28.3 Å². The Morgan fingerprint density at radius 1 is 1.20 bits per heavy atom. The molecule has 2 amide bonds. The van der Waals surface area contributed by atoms with Crippen LogP contribution < -0.4 is 15.8 Å². The molecule has 0 aliphatic heterocycles. The third-order valence-electron chi connectivity index (χ3n) is 5.20. The zero-order valence-electron chi connectivity index (χ0n) is 16.5. The van der Waals surface area contributed by atoms with Gasteiger partial charge in [0.25, 0.3) is 5.91 Å². The zero-order chi connectivity index (χ0) is 21.1. The molecule has 0 spiro atoms. The summed E-state index contributed by atoms with van der Waals surface area (Å²) in [7, 11) is 1.56. The standard InChI is InChI=1S/C22H22N4O3S/c1-24-22(28)18-11-15(8-9-25-18)29-14-6-7-17-19(12-14)30-20(26-17)10-13-4-2-3-5-16(13)21(23)27/h2-3,6-9,11-13,16H,4-5,10H2,1H3,(H2,23,27)(H,24,28)/t13-,16+/m0/s1. The second kappa shape index (κ2) is 8.62. The van der Waals surface area contributed by atoms with Crippen LogP contribution in [-0.2, 0) is 11.2 Å². The summed E-state index contributed by atoms with van der Waals surface area (Å²) in [6.45, 7) is 0. The summed E-state index contributed by atoms with van der Waals surface area (Å²) in [5, 5.41) is 3.53. The Labute approximate surface area is 178 Å². The predicted octanol–water partition coefficient (Wildman–Crippen LogP) is 3.45. The average molecular weight is 423 g/mol. The van der Waals surface area contributed by atoms with E-state index >= 15 is 0 Å². The van der Waals surface area contributed by atoms with Crippen molar-refractivity contribution in [3.8, 4) is 11.5 Å². The molecule has 30 heavy (non-hydrogen) atoms. The van der Waals surface area contributed by atoms with Gasteiger partial charge in [-0.05, 0) is 37.0 Å². The number of thiazole rings is 1. The van der Waals surface area contributed by atoms with Crippen molar-refractivity contribution in [1.29, 1.82) is 0 Å². The van der Waals surface area contributed by atoms with E-state index in [1.54, 1.807) is 30.5 Å². The first-order valence-corrected chi connectivity index (χ1v) is 10.5. The lowest BCUT2D eigenvalue weighted by Crippen LogP contribution is -2.32. The second-order valence-corrected chi connectivity index (χ2v) is 8.33. The average Bonchev–Trinajstić information content (AvgIpc) is 3.15. The van der Waals surface area contributed by atoms with Gasteiger partial charge in [0, 0.05) is 37.7 Å². The van der Waals surface area contributed by atoms with Gasteiger partial charge in [0.1, 0.15) is 17.2 Å². The summed E-state index contributed by atoms with van der Waals surface area (Å²) < 4.78 is 6.92. The number of fused-ring (bicyclic) bond motifs is 1. The molecule has 1 aliphatic rings. The van der Waals surface area contributed by atoms with Crippen LogP contribution in [0, 0.1) is 11.8 Å². The number of primary amides is 1. The van der Waals surface area contributed by atoms with E-state index in [4.69, 9.17) is 15.5 Å². The summed E-state index contributed by atoms with van der Waals surface area (Å²) in [5.41, 5.74) is 6.77. The van der Waals surface area contributed by atoms with Gasteiger partial charge in [-0.3, -0.25) is 14.6 Å². The molecular formula is C22H22N4O3S. The molecule has 1 aliphatic carbocycles. The van der Waals surface area contributed by atoms with Gasteiger partial charge in [-0.15, -0.1) is 11.3 Å². The van der Waals surface area contributed by atoms with Crippen molar-refractivity contribution in [1.82, 2.24) is 15.3 Å². The van der Waals surface area contributed by atoms with Gasteiger partial charge in [0.05, 0.1) is 15.2 Å². The summed E-state index contributed by atoms with van der Waals surface area (Å²) in [5.74, 6) is 0.726. The molecule has 4 rings (SSSR count). The SMILES string of the molecule is CNC(=O)c1cc(Oc2ccc3nc(C[C@@H]4CC=CC[C@H]4C(N)=O)sc3c2)ccn1. The quantitative estimate of drug-likeness (QED) is 0.592. The maximum atomic E-state index is 11.8. The number of amides is 2. The van der Waals surface area contributed by atoms with E-state index in [0.717, 1.165) is 28.1 Å². The first-order valence-electron chi connectivity index (χ1n) is 9.73. The molecule has 7 nitrogen and oxygen atoms in total. The Hall–Kier alpha value is -3.26. The monoisotopic (exact) mass is 422 g/mol. The Balaban J connectivity index is 1.52. The number of rotatable bonds is 6. The number of hydrogen-bond donors (Lipinski definition) is 2. The van der Waals surface area contributed by atoms with Crippen LogP contribution in [-0.4, -0.2) is 28.8 Å². The molecule has 3 aromatic rings. The highest BCUT2D eigenvalue weighted by atomic mass is 32.1. The molecule has 3 N–H and O–H groups in total. The maximum Gasteiger partial charge on any atom is 0.269 e. The molecule has 0 radical (unpaired) electrons. The Kier molecular flexibility index (Phi) is 5.76. The van der Waals surface area contributed by atoms with Gasteiger partial charge in [-0.2, -0.15) is 0 Å². The molecule has 0 bridgehead atoms. The molecule has 0 fully saturated rings.